The zero-order valence-electron chi connectivity index (χ0n) is 11.8. The van der Waals surface area contributed by atoms with Crippen LogP contribution in [0.2, 0.25) is 0 Å². The first kappa shape index (κ1) is 12.7. The van der Waals surface area contributed by atoms with Gasteiger partial charge in [0.2, 0.25) is 0 Å². The zero-order chi connectivity index (χ0) is 14.1. The molecule has 0 radical (unpaired) electrons. The van der Waals surface area contributed by atoms with Crippen LogP contribution in [-0.2, 0) is 13.1 Å². The highest BCUT2D eigenvalue weighted by molar-refractivity contribution is 5.94. The predicted octanol–water partition coefficient (Wildman–Crippen LogP) is 3.45. The van der Waals surface area contributed by atoms with Gasteiger partial charge in [-0.15, -0.1) is 0 Å². The summed E-state index contributed by atoms with van der Waals surface area (Å²) in [5.41, 5.74) is 5.86. The summed E-state index contributed by atoms with van der Waals surface area (Å²) in [6.07, 6.45) is 0. The maximum Gasteiger partial charge on any atom is 0.159 e. The average Bonchev–Trinajstić information content (AvgIpc) is 2.91. The van der Waals surface area contributed by atoms with Crippen molar-refractivity contribution in [1.82, 2.24) is 0 Å². The molecule has 0 amide bonds. The fourth-order valence-corrected chi connectivity index (χ4v) is 2.75. The standard InChI is InChI=1S/C17H18N2O/c1-12(20)13-6-8-15(9-7-13)19-10-14-4-3-5-17(18-2)16(14)11-19/h3-9,18H,10-11H2,1-2H3. The van der Waals surface area contributed by atoms with Gasteiger partial charge in [0.25, 0.3) is 0 Å². The second-order valence-electron chi connectivity index (χ2n) is 5.15. The van der Waals surface area contributed by atoms with Gasteiger partial charge in [0.1, 0.15) is 0 Å². The van der Waals surface area contributed by atoms with Crippen molar-refractivity contribution < 1.29 is 4.79 Å². The molecule has 1 heterocycles. The van der Waals surface area contributed by atoms with Crippen molar-refractivity contribution in [2.24, 2.45) is 0 Å². The van der Waals surface area contributed by atoms with Crippen molar-refractivity contribution in [3.8, 4) is 0 Å². The quantitative estimate of drug-likeness (QED) is 0.864. The van der Waals surface area contributed by atoms with Gasteiger partial charge in [-0.2, -0.15) is 0 Å². The Morgan fingerprint density at radius 2 is 1.85 bits per heavy atom. The van der Waals surface area contributed by atoms with E-state index in [1.165, 1.54) is 16.8 Å². The molecule has 0 fully saturated rings. The number of benzene rings is 2. The number of fused-ring (bicyclic) bond motifs is 1. The van der Waals surface area contributed by atoms with E-state index in [2.05, 4.69) is 28.4 Å². The van der Waals surface area contributed by atoms with E-state index in [1.807, 2.05) is 31.3 Å². The van der Waals surface area contributed by atoms with Gasteiger partial charge in [0.05, 0.1) is 0 Å². The molecule has 1 aliphatic heterocycles. The Kier molecular flexibility index (Phi) is 3.18. The van der Waals surface area contributed by atoms with E-state index in [0.29, 0.717) is 0 Å². The SMILES string of the molecule is CNc1cccc2c1CN(c1ccc(C(C)=O)cc1)C2. The fourth-order valence-electron chi connectivity index (χ4n) is 2.75. The van der Waals surface area contributed by atoms with Crippen molar-refractivity contribution >= 4 is 17.2 Å². The summed E-state index contributed by atoms with van der Waals surface area (Å²) in [7, 11) is 1.96. The normalized spacial score (nSPS) is 13.2. The van der Waals surface area contributed by atoms with Gasteiger partial charge in [0.15, 0.2) is 5.78 Å². The molecule has 0 aliphatic carbocycles. The van der Waals surface area contributed by atoms with E-state index in [0.717, 1.165) is 24.3 Å². The van der Waals surface area contributed by atoms with Gasteiger partial charge in [-0.1, -0.05) is 12.1 Å². The Labute approximate surface area is 119 Å². The smallest absolute Gasteiger partial charge is 0.159 e. The molecule has 2 aromatic carbocycles. The monoisotopic (exact) mass is 266 g/mol. The van der Waals surface area contributed by atoms with Crippen molar-refractivity contribution in [2.45, 2.75) is 20.0 Å². The summed E-state index contributed by atoms with van der Waals surface area (Å²) < 4.78 is 0. The molecule has 3 nitrogen and oxygen atoms in total. The molecule has 0 atom stereocenters. The first-order valence-electron chi connectivity index (χ1n) is 6.83. The topological polar surface area (TPSA) is 32.3 Å². The van der Waals surface area contributed by atoms with Crippen LogP contribution in [0.15, 0.2) is 42.5 Å². The molecule has 1 aliphatic rings. The van der Waals surface area contributed by atoms with Gasteiger partial charge >= 0.3 is 0 Å². The Hall–Kier alpha value is -2.29. The number of Topliss-reactive ketones (excluding diaryl/α,β-unsaturated/α-hetero) is 1. The van der Waals surface area contributed by atoms with Crippen molar-refractivity contribution in [2.75, 3.05) is 17.3 Å². The second kappa shape index (κ2) is 5.00. The van der Waals surface area contributed by atoms with Crippen molar-refractivity contribution in [1.29, 1.82) is 0 Å². The van der Waals surface area contributed by atoms with Gasteiger partial charge in [-0.05, 0) is 48.4 Å². The number of ketones is 1. The van der Waals surface area contributed by atoms with Crippen LogP contribution in [0.1, 0.15) is 28.4 Å². The fraction of sp³-hybridized carbons (Fsp3) is 0.235. The van der Waals surface area contributed by atoms with Crippen molar-refractivity contribution in [3.05, 3.63) is 59.2 Å². The zero-order valence-corrected chi connectivity index (χ0v) is 11.8. The summed E-state index contributed by atoms with van der Waals surface area (Å²) in [4.78, 5) is 13.6. The minimum atomic E-state index is 0.110. The second-order valence-corrected chi connectivity index (χ2v) is 5.15. The summed E-state index contributed by atoms with van der Waals surface area (Å²) in [5, 5.41) is 3.25. The minimum Gasteiger partial charge on any atom is -0.388 e. The number of anilines is 2. The molecular weight excluding hydrogens is 248 g/mol. The molecule has 0 bridgehead atoms. The Balaban J connectivity index is 1.86. The first-order valence-corrected chi connectivity index (χ1v) is 6.83. The highest BCUT2D eigenvalue weighted by Gasteiger charge is 2.21. The number of carbonyl (C=O) groups excluding carboxylic acids is 1. The third kappa shape index (κ3) is 2.16. The number of hydrogen-bond donors (Lipinski definition) is 1. The van der Waals surface area contributed by atoms with Gasteiger partial charge in [0, 0.05) is 37.1 Å². The Morgan fingerprint density at radius 1 is 1.10 bits per heavy atom. The summed E-state index contributed by atoms with van der Waals surface area (Å²) in [6, 6.07) is 14.2. The van der Waals surface area contributed by atoms with E-state index >= 15 is 0 Å². The molecule has 3 heteroatoms. The lowest BCUT2D eigenvalue weighted by molar-refractivity contribution is 0.101. The number of rotatable bonds is 3. The predicted molar refractivity (Wildman–Crippen MR) is 82.3 cm³/mol. The molecule has 0 unspecified atom stereocenters. The third-order valence-electron chi connectivity index (χ3n) is 3.89. The molecule has 0 saturated carbocycles. The lowest BCUT2D eigenvalue weighted by atomic mass is 10.1. The maximum absolute atomic E-state index is 11.3. The Morgan fingerprint density at radius 3 is 2.50 bits per heavy atom. The molecule has 0 saturated heterocycles. The number of nitrogens with zero attached hydrogens (tertiary/aromatic N) is 1. The van der Waals surface area contributed by atoms with Gasteiger partial charge in [-0.3, -0.25) is 4.79 Å². The average molecular weight is 266 g/mol. The summed E-state index contributed by atoms with van der Waals surface area (Å²) in [6.45, 7) is 3.43. The van der Waals surface area contributed by atoms with Crippen LogP contribution in [0.25, 0.3) is 0 Å². The molecule has 20 heavy (non-hydrogen) atoms. The van der Waals surface area contributed by atoms with E-state index in [9.17, 15) is 4.79 Å². The highest BCUT2D eigenvalue weighted by atomic mass is 16.1. The van der Waals surface area contributed by atoms with Crippen LogP contribution in [0.3, 0.4) is 0 Å². The molecule has 1 N–H and O–H groups in total. The third-order valence-corrected chi connectivity index (χ3v) is 3.89. The molecule has 0 spiro atoms. The summed E-state index contributed by atoms with van der Waals surface area (Å²) in [5.74, 6) is 0.110. The van der Waals surface area contributed by atoms with E-state index in [4.69, 9.17) is 0 Å². The first-order chi connectivity index (χ1) is 9.69. The molecule has 3 rings (SSSR count). The van der Waals surface area contributed by atoms with Crippen molar-refractivity contribution in [3.63, 3.8) is 0 Å². The molecule has 0 aromatic heterocycles. The van der Waals surface area contributed by atoms with Crippen LogP contribution < -0.4 is 10.2 Å². The van der Waals surface area contributed by atoms with Crippen LogP contribution >= 0.6 is 0 Å². The van der Waals surface area contributed by atoms with Crippen LogP contribution in [0.5, 0.6) is 0 Å². The molecule has 2 aromatic rings. The van der Waals surface area contributed by atoms with Crippen LogP contribution in [0, 0.1) is 0 Å². The van der Waals surface area contributed by atoms with Crippen LogP contribution in [0.4, 0.5) is 11.4 Å². The maximum atomic E-state index is 11.3. The lowest BCUT2D eigenvalue weighted by Crippen LogP contribution is -2.14. The number of hydrogen-bond acceptors (Lipinski definition) is 3. The lowest BCUT2D eigenvalue weighted by Gasteiger charge is -2.18. The van der Waals surface area contributed by atoms with Crippen LogP contribution in [-0.4, -0.2) is 12.8 Å². The van der Waals surface area contributed by atoms with E-state index < -0.39 is 0 Å². The summed E-state index contributed by atoms with van der Waals surface area (Å²) >= 11 is 0. The van der Waals surface area contributed by atoms with E-state index in [1.54, 1.807) is 6.92 Å². The molecular formula is C17H18N2O. The number of carbonyl (C=O) groups is 1. The van der Waals surface area contributed by atoms with Gasteiger partial charge in [-0.25, -0.2) is 0 Å². The Bertz CT molecular complexity index is 647. The van der Waals surface area contributed by atoms with E-state index in [-0.39, 0.29) is 5.78 Å². The minimum absolute atomic E-state index is 0.110. The molecule has 102 valence electrons. The van der Waals surface area contributed by atoms with Gasteiger partial charge < -0.3 is 10.2 Å². The number of nitrogens with one attached hydrogen (secondary N) is 1. The highest BCUT2D eigenvalue weighted by Crippen LogP contribution is 2.32. The largest absolute Gasteiger partial charge is 0.388 e.